The van der Waals surface area contributed by atoms with E-state index in [1.807, 2.05) is 7.05 Å². The molecule has 8 nitrogen and oxygen atoms in total. The van der Waals surface area contributed by atoms with Crippen LogP contribution in [0.1, 0.15) is 37.5 Å². The molecule has 146 valence electrons. The van der Waals surface area contributed by atoms with Crippen molar-refractivity contribution in [2.45, 2.75) is 42.7 Å². The minimum absolute atomic E-state index is 0.0306. The number of nitrogens with zero attached hydrogens (tertiary/aromatic N) is 3. The second-order valence-electron chi connectivity index (χ2n) is 7.29. The molecule has 1 aromatic carbocycles. The molecule has 1 aliphatic heterocycles. The van der Waals surface area contributed by atoms with E-state index in [1.54, 1.807) is 24.3 Å². The van der Waals surface area contributed by atoms with Crippen molar-refractivity contribution in [3.8, 4) is 11.5 Å². The summed E-state index contributed by atoms with van der Waals surface area (Å²) in [5, 5.41) is 7.43. The van der Waals surface area contributed by atoms with Crippen molar-refractivity contribution < 1.29 is 12.9 Å². The van der Waals surface area contributed by atoms with Crippen molar-refractivity contribution in [3.63, 3.8) is 0 Å². The molecular formula is C18H25N5O3S. The largest absolute Gasteiger partial charge is 0.334 e. The van der Waals surface area contributed by atoms with Crippen LogP contribution in [0, 0.1) is 0 Å². The van der Waals surface area contributed by atoms with Crippen LogP contribution in [0.15, 0.2) is 33.7 Å². The van der Waals surface area contributed by atoms with Gasteiger partial charge in [-0.3, -0.25) is 4.90 Å². The van der Waals surface area contributed by atoms with Gasteiger partial charge in [-0.2, -0.15) is 4.98 Å². The Labute approximate surface area is 159 Å². The summed E-state index contributed by atoms with van der Waals surface area (Å²) in [7, 11) is -1.52. The highest BCUT2D eigenvalue weighted by molar-refractivity contribution is 7.89. The van der Waals surface area contributed by atoms with E-state index in [0.717, 1.165) is 45.3 Å². The summed E-state index contributed by atoms with van der Waals surface area (Å²) < 4.78 is 33.6. The molecule has 1 saturated carbocycles. The Morgan fingerprint density at radius 2 is 2.11 bits per heavy atom. The molecule has 2 fully saturated rings. The van der Waals surface area contributed by atoms with Crippen LogP contribution in [0.4, 0.5) is 0 Å². The van der Waals surface area contributed by atoms with E-state index in [2.05, 4.69) is 25.1 Å². The zero-order chi connectivity index (χ0) is 18.9. The zero-order valence-electron chi connectivity index (χ0n) is 15.4. The Kier molecular flexibility index (Phi) is 5.27. The molecular weight excluding hydrogens is 366 g/mol. The fraction of sp³-hybridized carbons (Fsp3) is 0.556. The standard InChI is InChI=1S/C18H25N5O3S/c1-23-10-9-19-12-16(23)17-20-18(26-21-17)13-5-4-8-15(11-13)27(24,25)22-14-6-2-3-7-14/h4-5,8,11,14,16,19,22H,2-3,6-7,9-10,12H2,1H3. The summed E-state index contributed by atoms with van der Waals surface area (Å²) in [6.07, 6.45) is 3.94. The van der Waals surface area contributed by atoms with Crippen LogP contribution in [0.25, 0.3) is 11.5 Å². The molecule has 1 atom stereocenters. The number of nitrogens with one attached hydrogen (secondary N) is 2. The molecule has 1 saturated heterocycles. The summed E-state index contributed by atoms with van der Waals surface area (Å²) in [4.78, 5) is 6.91. The number of rotatable bonds is 5. The fourth-order valence-corrected chi connectivity index (χ4v) is 5.06. The van der Waals surface area contributed by atoms with Crippen molar-refractivity contribution in [3.05, 3.63) is 30.1 Å². The van der Waals surface area contributed by atoms with E-state index < -0.39 is 10.0 Å². The maximum Gasteiger partial charge on any atom is 0.258 e. The van der Waals surface area contributed by atoms with E-state index in [0.29, 0.717) is 17.3 Å². The Hall–Kier alpha value is -1.81. The number of sulfonamides is 1. The van der Waals surface area contributed by atoms with Gasteiger partial charge in [0.15, 0.2) is 5.82 Å². The summed E-state index contributed by atoms with van der Waals surface area (Å²) in [5.74, 6) is 0.943. The van der Waals surface area contributed by atoms with E-state index in [9.17, 15) is 8.42 Å². The Morgan fingerprint density at radius 3 is 2.89 bits per heavy atom. The average Bonchev–Trinajstić information content (AvgIpc) is 3.34. The van der Waals surface area contributed by atoms with Gasteiger partial charge in [0, 0.05) is 31.2 Å². The normalized spacial score (nSPS) is 22.3. The van der Waals surface area contributed by atoms with E-state index in [4.69, 9.17) is 4.52 Å². The summed E-state index contributed by atoms with van der Waals surface area (Å²) in [6.45, 7) is 2.61. The molecule has 2 N–H and O–H groups in total. The predicted molar refractivity (Wildman–Crippen MR) is 101 cm³/mol. The van der Waals surface area contributed by atoms with Gasteiger partial charge in [-0.05, 0) is 38.1 Å². The van der Waals surface area contributed by atoms with Crippen LogP contribution < -0.4 is 10.0 Å². The number of likely N-dealkylation sites (N-methyl/N-ethyl adjacent to an activating group) is 1. The van der Waals surface area contributed by atoms with Gasteiger partial charge in [0.05, 0.1) is 10.9 Å². The van der Waals surface area contributed by atoms with Gasteiger partial charge < -0.3 is 9.84 Å². The second kappa shape index (κ2) is 7.67. The van der Waals surface area contributed by atoms with E-state index in [-0.39, 0.29) is 17.0 Å². The van der Waals surface area contributed by atoms with Crippen molar-refractivity contribution in [1.82, 2.24) is 25.1 Å². The van der Waals surface area contributed by atoms with Gasteiger partial charge in [0.1, 0.15) is 0 Å². The first-order valence-corrected chi connectivity index (χ1v) is 10.9. The maximum absolute atomic E-state index is 12.7. The first kappa shape index (κ1) is 18.5. The molecule has 4 rings (SSSR count). The highest BCUT2D eigenvalue weighted by Crippen LogP contribution is 2.25. The van der Waals surface area contributed by atoms with Crippen LogP contribution in [0.5, 0.6) is 0 Å². The lowest BCUT2D eigenvalue weighted by Crippen LogP contribution is -2.44. The van der Waals surface area contributed by atoms with E-state index >= 15 is 0 Å². The van der Waals surface area contributed by atoms with Crippen LogP contribution in [0.2, 0.25) is 0 Å². The lowest BCUT2D eigenvalue weighted by Gasteiger charge is -2.30. The molecule has 27 heavy (non-hydrogen) atoms. The average molecular weight is 391 g/mol. The maximum atomic E-state index is 12.7. The molecule has 2 heterocycles. The van der Waals surface area contributed by atoms with Gasteiger partial charge in [-0.25, -0.2) is 13.1 Å². The van der Waals surface area contributed by atoms with Gasteiger partial charge in [0.2, 0.25) is 10.0 Å². The fourth-order valence-electron chi connectivity index (χ4n) is 3.71. The van der Waals surface area contributed by atoms with Gasteiger partial charge >= 0.3 is 0 Å². The first-order valence-electron chi connectivity index (χ1n) is 9.40. The molecule has 0 radical (unpaired) electrons. The number of hydrogen-bond donors (Lipinski definition) is 2. The third-order valence-corrected chi connectivity index (χ3v) is 6.84. The second-order valence-corrected chi connectivity index (χ2v) is 9.00. The molecule has 1 unspecified atom stereocenters. The van der Waals surface area contributed by atoms with Gasteiger partial charge in [-0.15, -0.1) is 0 Å². The van der Waals surface area contributed by atoms with Crippen LogP contribution in [-0.2, 0) is 10.0 Å². The Morgan fingerprint density at radius 1 is 1.30 bits per heavy atom. The Bertz CT molecular complexity index is 892. The number of benzene rings is 1. The molecule has 0 bridgehead atoms. The monoisotopic (exact) mass is 391 g/mol. The molecule has 0 spiro atoms. The minimum Gasteiger partial charge on any atom is -0.334 e. The predicted octanol–water partition coefficient (Wildman–Crippen LogP) is 1.53. The van der Waals surface area contributed by atoms with Gasteiger partial charge in [0.25, 0.3) is 5.89 Å². The van der Waals surface area contributed by atoms with Gasteiger partial charge in [-0.1, -0.05) is 24.1 Å². The lowest BCUT2D eigenvalue weighted by atomic mass is 10.2. The lowest BCUT2D eigenvalue weighted by molar-refractivity contribution is 0.190. The SMILES string of the molecule is CN1CCNCC1c1noc(-c2cccc(S(=O)(=O)NC3CCCC3)c2)n1. The van der Waals surface area contributed by atoms with Crippen molar-refractivity contribution in [2.75, 3.05) is 26.7 Å². The highest BCUT2D eigenvalue weighted by atomic mass is 32.2. The third kappa shape index (κ3) is 4.06. The number of piperazine rings is 1. The highest BCUT2D eigenvalue weighted by Gasteiger charge is 2.26. The van der Waals surface area contributed by atoms with Crippen molar-refractivity contribution >= 4 is 10.0 Å². The minimum atomic E-state index is -3.55. The van der Waals surface area contributed by atoms with Crippen molar-refractivity contribution in [1.29, 1.82) is 0 Å². The van der Waals surface area contributed by atoms with Crippen LogP contribution >= 0.6 is 0 Å². The molecule has 2 aromatic rings. The summed E-state index contributed by atoms with van der Waals surface area (Å²) in [5.41, 5.74) is 0.606. The smallest absolute Gasteiger partial charge is 0.258 e. The molecule has 9 heteroatoms. The third-order valence-electron chi connectivity index (χ3n) is 5.32. The molecule has 1 aliphatic carbocycles. The molecule has 2 aliphatic rings. The van der Waals surface area contributed by atoms with Crippen LogP contribution in [-0.4, -0.2) is 56.2 Å². The van der Waals surface area contributed by atoms with Crippen molar-refractivity contribution in [2.24, 2.45) is 0 Å². The summed E-state index contributed by atoms with van der Waals surface area (Å²) in [6, 6.07) is 6.76. The summed E-state index contributed by atoms with van der Waals surface area (Å²) >= 11 is 0. The quantitative estimate of drug-likeness (QED) is 0.797. The first-order chi connectivity index (χ1) is 13.0. The van der Waals surface area contributed by atoms with E-state index in [1.165, 1.54) is 0 Å². The molecule has 1 aromatic heterocycles. The Balaban J connectivity index is 1.55. The number of hydrogen-bond acceptors (Lipinski definition) is 7. The van der Waals surface area contributed by atoms with Crippen LogP contribution in [0.3, 0.4) is 0 Å². The number of aromatic nitrogens is 2. The zero-order valence-corrected chi connectivity index (χ0v) is 16.2. The molecule has 0 amide bonds. The topological polar surface area (TPSA) is 100 Å².